The van der Waals surface area contributed by atoms with Gasteiger partial charge in [-0.05, 0) is 68.1 Å². The Morgan fingerprint density at radius 2 is 2.11 bits per heavy atom. The molecule has 144 valence electrons. The maximum Gasteiger partial charge on any atom is 0.243 e. The zero-order chi connectivity index (χ0) is 19.1. The number of piperidine rings is 1. The Labute approximate surface area is 159 Å². The second-order valence-corrected chi connectivity index (χ2v) is 7.11. The normalized spacial score (nSPS) is 17.9. The smallest absolute Gasteiger partial charge is 0.243 e. The number of carbonyl (C=O) groups is 2. The quantitative estimate of drug-likeness (QED) is 0.696. The Hall–Kier alpha value is -2.67. The van der Waals surface area contributed by atoms with Gasteiger partial charge in [0.05, 0.1) is 12.2 Å². The van der Waals surface area contributed by atoms with Crippen LogP contribution >= 0.6 is 0 Å². The van der Waals surface area contributed by atoms with Crippen molar-refractivity contribution in [2.24, 2.45) is 11.8 Å². The number of benzene rings is 1. The minimum Gasteiger partial charge on any atom is -0.347 e. The molecule has 0 spiro atoms. The molecule has 0 radical (unpaired) electrons. The van der Waals surface area contributed by atoms with Crippen molar-refractivity contribution < 1.29 is 9.59 Å². The van der Waals surface area contributed by atoms with E-state index in [2.05, 4.69) is 28.0 Å². The lowest BCUT2D eigenvalue weighted by Crippen LogP contribution is -2.37. The van der Waals surface area contributed by atoms with Gasteiger partial charge in [-0.25, -0.2) is 4.68 Å². The van der Waals surface area contributed by atoms with Crippen molar-refractivity contribution in [3.63, 3.8) is 0 Å². The molecule has 7 nitrogen and oxygen atoms in total. The molecule has 7 heteroatoms. The molecule has 1 saturated heterocycles. The van der Waals surface area contributed by atoms with Crippen molar-refractivity contribution in [3.05, 3.63) is 42.7 Å². The van der Waals surface area contributed by atoms with Gasteiger partial charge in [-0.3, -0.25) is 9.59 Å². The van der Waals surface area contributed by atoms with Crippen molar-refractivity contribution in [2.45, 2.75) is 26.2 Å². The third-order valence-electron chi connectivity index (χ3n) is 5.01. The Morgan fingerprint density at radius 1 is 1.30 bits per heavy atom. The second-order valence-electron chi connectivity index (χ2n) is 7.11. The van der Waals surface area contributed by atoms with E-state index >= 15 is 0 Å². The number of nitrogens with zero attached hydrogens (tertiary/aromatic N) is 2. The van der Waals surface area contributed by atoms with Crippen LogP contribution in [0.25, 0.3) is 5.69 Å². The van der Waals surface area contributed by atoms with E-state index < -0.39 is 0 Å². The number of carbonyl (C=O) groups excluding carboxylic acids is 2. The van der Waals surface area contributed by atoms with E-state index in [1.54, 1.807) is 10.9 Å². The van der Waals surface area contributed by atoms with Gasteiger partial charge >= 0.3 is 0 Å². The Balaban J connectivity index is 1.40. The van der Waals surface area contributed by atoms with Gasteiger partial charge in [0.2, 0.25) is 11.8 Å². The highest BCUT2D eigenvalue weighted by molar-refractivity contribution is 5.94. The molecule has 3 rings (SSSR count). The molecule has 1 fully saturated rings. The van der Waals surface area contributed by atoms with Crippen LogP contribution in [0, 0.1) is 11.8 Å². The summed E-state index contributed by atoms with van der Waals surface area (Å²) in [7, 11) is 0. The van der Waals surface area contributed by atoms with Crippen LogP contribution in [0.15, 0.2) is 42.7 Å². The van der Waals surface area contributed by atoms with Gasteiger partial charge < -0.3 is 16.0 Å². The van der Waals surface area contributed by atoms with Crippen LogP contribution in [-0.4, -0.2) is 41.2 Å². The van der Waals surface area contributed by atoms with Crippen LogP contribution in [0.3, 0.4) is 0 Å². The maximum atomic E-state index is 12.1. The zero-order valence-electron chi connectivity index (χ0n) is 15.6. The molecule has 1 aliphatic rings. The summed E-state index contributed by atoms with van der Waals surface area (Å²) in [5, 5.41) is 13.1. The highest BCUT2D eigenvalue weighted by Crippen LogP contribution is 2.22. The lowest BCUT2D eigenvalue weighted by atomic mass is 9.85. The zero-order valence-corrected chi connectivity index (χ0v) is 15.6. The lowest BCUT2D eigenvalue weighted by Gasteiger charge is -2.27. The topological polar surface area (TPSA) is 88.1 Å². The van der Waals surface area contributed by atoms with Crippen LogP contribution in [-0.2, 0) is 9.59 Å². The summed E-state index contributed by atoms with van der Waals surface area (Å²) < 4.78 is 1.74. The van der Waals surface area contributed by atoms with Gasteiger partial charge in [0.25, 0.3) is 0 Å². The maximum absolute atomic E-state index is 12.1. The van der Waals surface area contributed by atoms with Crippen molar-refractivity contribution in [3.8, 4) is 5.69 Å². The minimum absolute atomic E-state index is 0.0185. The Morgan fingerprint density at radius 3 is 2.78 bits per heavy atom. The molecule has 1 aromatic heterocycles. The van der Waals surface area contributed by atoms with Gasteiger partial charge in [0.1, 0.15) is 0 Å². The molecule has 2 heterocycles. The number of aromatic nitrogens is 2. The van der Waals surface area contributed by atoms with Crippen molar-refractivity contribution >= 4 is 17.5 Å². The molecule has 1 aliphatic heterocycles. The predicted octanol–water partition coefficient (Wildman–Crippen LogP) is 1.95. The molecule has 3 N–H and O–H groups in total. The predicted molar refractivity (Wildman–Crippen MR) is 105 cm³/mol. The summed E-state index contributed by atoms with van der Waals surface area (Å²) in [5.74, 6) is 0.543. The first-order valence-corrected chi connectivity index (χ1v) is 9.49. The third-order valence-corrected chi connectivity index (χ3v) is 5.01. The molecular formula is C20H27N5O2. The van der Waals surface area contributed by atoms with E-state index in [-0.39, 0.29) is 18.4 Å². The highest BCUT2D eigenvalue weighted by Gasteiger charge is 2.22. The van der Waals surface area contributed by atoms with Crippen molar-refractivity contribution in [1.29, 1.82) is 0 Å². The fourth-order valence-electron chi connectivity index (χ4n) is 3.40. The summed E-state index contributed by atoms with van der Waals surface area (Å²) in [6.45, 7) is 4.13. The van der Waals surface area contributed by atoms with Crippen molar-refractivity contribution in [2.75, 3.05) is 25.0 Å². The van der Waals surface area contributed by atoms with Crippen LogP contribution in [0.4, 0.5) is 5.69 Å². The van der Waals surface area contributed by atoms with Crippen molar-refractivity contribution in [1.82, 2.24) is 20.4 Å². The summed E-state index contributed by atoms with van der Waals surface area (Å²) in [6, 6.07) is 9.23. The van der Waals surface area contributed by atoms with E-state index in [0.29, 0.717) is 23.9 Å². The molecular weight excluding hydrogens is 342 g/mol. The fourth-order valence-corrected chi connectivity index (χ4v) is 3.40. The molecule has 0 aliphatic carbocycles. The molecule has 0 bridgehead atoms. The largest absolute Gasteiger partial charge is 0.347 e. The van der Waals surface area contributed by atoms with E-state index in [0.717, 1.165) is 31.6 Å². The molecule has 27 heavy (non-hydrogen) atoms. The number of hydrogen-bond donors (Lipinski definition) is 3. The number of hydrogen-bond acceptors (Lipinski definition) is 4. The molecule has 2 unspecified atom stereocenters. The first-order valence-electron chi connectivity index (χ1n) is 9.49. The lowest BCUT2D eigenvalue weighted by molar-refractivity contribution is -0.125. The van der Waals surface area contributed by atoms with Crippen LogP contribution in [0.2, 0.25) is 0 Å². The number of nitrogens with one attached hydrogen (secondary N) is 3. The molecule has 2 atom stereocenters. The van der Waals surface area contributed by atoms with E-state index in [4.69, 9.17) is 0 Å². The number of anilines is 1. The van der Waals surface area contributed by atoms with Gasteiger partial charge in [-0.2, -0.15) is 5.10 Å². The van der Waals surface area contributed by atoms with Crippen LogP contribution < -0.4 is 16.0 Å². The van der Waals surface area contributed by atoms with Crippen LogP contribution in [0.1, 0.15) is 26.2 Å². The van der Waals surface area contributed by atoms with E-state index in [9.17, 15) is 9.59 Å². The first kappa shape index (κ1) is 19.1. The Bertz CT molecular complexity index is 736. The number of rotatable bonds is 7. The monoisotopic (exact) mass is 369 g/mol. The first-order chi connectivity index (χ1) is 13.1. The fraction of sp³-hybridized carbons (Fsp3) is 0.450. The Kier molecular flexibility index (Phi) is 6.59. The van der Waals surface area contributed by atoms with E-state index in [1.807, 2.05) is 36.5 Å². The van der Waals surface area contributed by atoms with Gasteiger partial charge in [-0.15, -0.1) is 0 Å². The molecule has 2 aromatic rings. The summed E-state index contributed by atoms with van der Waals surface area (Å²) >= 11 is 0. The summed E-state index contributed by atoms with van der Waals surface area (Å²) in [4.78, 5) is 24.2. The van der Waals surface area contributed by atoms with Gasteiger partial charge in [0.15, 0.2) is 0 Å². The van der Waals surface area contributed by atoms with Crippen LogP contribution in [0.5, 0.6) is 0 Å². The summed E-state index contributed by atoms with van der Waals surface area (Å²) in [5.41, 5.74) is 1.60. The highest BCUT2D eigenvalue weighted by atomic mass is 16.2. The van der Waals surface area contributed by atoms with Gasteiger partial charge in [-0.1, -0.05) is 6.92 Å². The van der Waals surface area contributed by atoms with Gasteiger partial charge in [0, 0.05) is 24.5 Å². The van der Waals surface area contributed by atoms with E-state index in [1.165, 1.54) is 0 Å². The summed E-state index contributed by atoms with van der Waals surface area (Å²) in [6.07, 6.45) is 6.35. The average molecular weight is 369 g/mol. The standard InChI is InChI=1S/C20H27N5O2/c1-15(16-4-2-9-21-13-16)12-19(26)22-14-20(27)24-17-5-7-18(8-6-17)25-11-3-10-23-25/h3,5-8,10-11,15-16,21H,2,4,9,12-14H2,1H3,(H,22,26)(H,24,27). The molecule has 0 saturated carbocycles. The average Bonchev–Trinajstić information content (AvgIpc) is 3.22. The SMILES string of the molecule is CC(CC(=O)NCC(=O)Nc1ccc(-n2cccn2)cc1)C1CCCNC1. The third kappa shape index (κ3) is 5.65. The number of amides is 2. The molecule has 1 aromatic carbocycles. The second kappa shape index (κ2) is 9.32. The molecule has 2 amide bonds. The minimum atomic E-state index is -0.234.